The standard InChI is InChI=1S/C19H20N4O2/c1-14-17(15(2)25-22-14)13-23-12-11-18(21-23)20-19(24)10-6-9-16-7-4-3-5-8-16/h3-8,10-12H,9,13H2,1-2H3,(H,20,21,24)/b10-6+. The number of amides is 1. The lowest BCUT2D eigenvalue weighted by Gasteiger charge is -2.01. The summed E-state index contributed by atoms with van der Waals surface area (Å²) in [6.45, 7) is 4.33. The molecule has 3 rings (SSSR count). The van der Waals surface area contributed by atoms with Gasteiger partial charge in [0.25, 0.3) is 0 Å². The van der Waals surface area contributed by atoms with Gasteiger partial charge < -0.3 is 9.84 Å². The van der Waals surface area contributed by atoms with E-state index in [0.717, 1.165) is 29.0 Å². The zero-order valence-electron chi connectivity index (χ0n) is 14.3. The van der Waals surface area contributed by atoms with Crippen molar-refractivity contribution in [3.8, 4) is 0 Å². The maximum Gasteiger partial charge on any atom is 0.249 e. The second-order valence-corrected chi connectivity index (χ2v) is 5.78. The van der Waals surface area contributed by atoms with Crippen LogP contribution in [0.2, 0.25) is 0 Å². The number of hydrogen-bond donors (Lipinski definition) is 1. The first-order valence-electron chi connectivity index (χ1n) is 8.08. The van der Waals surface area contributed by atoms with Gasteiger partial charge >= 0.3 is 0 Å². The van der Waals surface area contributed by atoms with Gasteiger partial charge in [0.05, 0.1) is 12.2 Å². The number of allylic oxidation sites excluding steroid dienone is 1. The predicted molar refractivity (Wildman–Crippen MR) is 95.2 cm³/mol. The van der Waals surface area contributed by atoms with Crippen molar-refractivity contribution in [3.63, 3.8) is 0 Å². The fourth-order valence-corrected chi connectivity index (χ4v) is 2.49. The molecule has 0 spiro atoms. The van der Waals surface area contributed by atoms with E-state index in [4.69, 9.17) is 4.52 Å². The lowest BCUT2D eigenvalue weighted by Crippen LogP contribution is -2.09. The second-order valence-electron chi connectivity index (χ2n) is 5.78. The van der Waals surface area contributed by atoms with Gasteiger partial charge in [-0.1, -0.05) is 41.6 Å². The van der Waals surface area contributed by atoms with Gasteiger partial charge in [-0.3, -0.25) is 9.48 Å². The Morgan fingerprint density at radius 3 is 2.76 bits per heavy atom. The minimum atomic E-state index is -0.196. The van der Waals surface area contributed by atoms with Crippen LogP contribution in [0.1, 0.15) is 22.6 Å². The van der Waals surface area contributed by atoms with E-state index in [2.05, 4.69) is 15.6 Å². The summed E-state index contributed by atoms with van der Waals surface area (Å²) in [5.41, 5.74) is 3.02. The Balaban J connectivity index is 1.55. The Morgan fingerprint density at radius 2 is 2.04 bits per heavy atom. The van der Waals surface area contributed by atoms with Crippen molar-refractivity contribution in [2.24, 2.45) is 0 Å². The molecule has 0 radical (unpaired) electrons. The van der Waals surface area contributed by atoms with Gasteiger partial charge in [-0.05, 0) is 31.9 Å². The van der Waals surface area contributed by atoms with E-state index in [-0.39, 0.29) is 5.91 Å². The molecule has 2 heterocycles. The molecule has 0 aliphatic heterocycles. The molecule has 1 amide bonds. The largest absolute Gasteiger partial charge is 0.361 e. The van der Waals surface area contributed by atoms with Crippen molar-refractivity contribution in [2.75, 3.05) is 5.32 Å². The minimum absolute atomic E-state index is 0.196. The fourth-order valence-electron chi connectivity index (χ4n) is 2.49. The Labute approximate surface area is 146 Å². The van der Waals surface area contributed by atoms with Crippen molar-refractivity contribution in [1.82, 2.24) is 14.9 Å². The molecular weight excluding hydrogens is 316 g/mol. The summed E-state index contributed by atoms with van der Waals surface area (Å²) in [7, 11) is 0. The second kappa shape index (κ2) is 7.61. The molecule has 6 nitrogen and oxygen atoms in total. The van der Waals surface area contributed by atoms with Gasteiger partial charge in [0.15, 0.2) is 5.82 Å². The Morgan fingerprint density at radius 1 is 1.24 bits per heavy atom. The number of anilines is 1. The van der Waals surface area contributed by atoms with Gasteiger partial charge in [-0.2, -0.15) is 5.10 Å². The number of hydrogen-bond acceptors (Lipinski definition) is 4. The molecule has 0 saturated heterocycles. The number of aryl methyl sites for hydroxylation is 2. The van der Waals surface area contributed by atoms with E-state index in [1.807, 2.05) is 56.5 Å². The monoisotopic (exact) mass is 336 g/mol. The van der Waals surface area contributed by atoms with Crippen LogP contribution in [0.25, 0.3) is 0 Å². The highest BCUT2D eigenvalue weighted by molar-refractivity contribution is 5.98. The number of benzene rings is 1. The molecule has 0 aliphatic carbocycles. The average molecular weight is 336 g/mol. The van der Waals surface area contributed by atoms with E-state index >= 15 is 0 Å². The number of nitrogens with one attached hydrogen (secondary N) is 1. The van der Waals surface area contributed by atoms with Crippen molar-refractivity contribution in [1.29, 1.82) is 0 Å². The molecule has 25 heavy (non-hydrogen) atoms. The third kappa shape index (κ3) is 4.44. The lowest BCUT2D eigenvalue weighted by atomic mass is 10.1. The summed E-state index contributed by atoms with van der Waals surface area (Å²) >= 11 is 0. The van der Waals surface area contributed by atoms with Crippen molar-refractivity contribution < 1.29 is 9.32 Å². The van der Waals surface area contributed by atoms with E-state index < -0.39 is 0 Å². The summed E-state index contributed by atoms with van der Waals surface area (Å²) < 4.78 is 6.90. The smallest absolute Gasteiger partial charge is 0.249 e. The first-order chi connectivity index (χ1) is 12.1. The molecular formula is C19H20N4O2. The normalized spacial score (nSPS) is 11.1. The molecule has 0 saturated carbocycles. The molecule has 0 unspecified atom stereocenters. The third-order valence-corrected chi connectivity index (χ3v) is 3.86. The lowest BCUT2D eigenvalue weighted by molar-refractivity contribution is -0.111. The quantitative estimate of drug-likeness (QED) is 0.701. The number of nitrogens with zero attached hydrogens (tertiary/aromatic N) is 3. The zero-order chi connectivity index (χ0) is 17.6. The van der Waals surface area contributed by atoms with Gasteiger partial charge in [-0.15, -0.1) is 0 Å². The van der Waals surface area contributed by atoms with Crippen LogP contribution in [0.15, 0.2) is 59.3 Å². The topological polar surface area (TPSA) is 73.0 Å². The molecule has 128 valence electrons. The molecule has 3 aromatic rings. The Bertz CT molecular complexity index is 858. The first-order valence-corrected chi connectivity index (χ1v) is 8.08. The van der Waals surface area contributed by atoms with Gasteiger partial charge in [0.1, 0.15) is 5.76 Å². The van der Waals surface area contributed by atoms with Crippen LogP contribution >= 0.6 is 0 Å². The van der Waals surface area contributed by atoms with Gasteiger partial charge in [-0.25, -0.2) is 0 Å². The van der Waals surface area contributed by atoms with E-state index in [0.29, 0.717) is 12.4 Å². The van der Waals surface area contributed by atoms with E-state index in [9.17, 15) is 4.79 Å². The van der Waals surface area contributed by atoms with Crippen LogP contribution < -0.4 is 5.32 Å². The number of carbonyl (C=O) groups excluding carboxylic acids is 1. The predicted octanol–water partition coefficient (Wildman–Crippen LogP) is 3.27. The maximum absolute atomic E-state index is 12.0. The summed E-state index contributed by atoms with van der Waals surface area (Å²) in [5, 5.41) is 11.0. The molecule has 1 aromatic carbocycles. The Kier molecular flexibility index (Phi) is 5.09. The highest BCUT2D eigenvalue weighted by Gasteiger charge is 2.10. The van der Waals surface area contributed by atoms with Crippen molar-refractivity contribution in [2.45, 2.75) is 26.8 Å². The first kappa shape index (κ1) is 16.7. The fraction of sp³-hybridized carbons (Fsp3) is 0.211. The molecule has 2 aromatic heterocycles. The maximum atomic E-state index is 12.0. The van der Waals surface area contributed by atoms with Crippen LogP contribution in [-0.4, -0.2) is 20.8 Å². The summed E-state index contributed by atoms with van der Waals surface area (Å²) in [4.78, 5) is 12.0. The van der Waals surface area contributed by atoms with Crippen LogP contribution in [0, 0.1) is 13.8 Å². The number of carbonyl (C=O) groups is 1. The summed E-state index contributed by atoms with van der Waals surface area (Å²) in [6, 6.07) is 11.8. The van der Waals surface area contributed by atoms with Gasteiger partial charge in [0.2, 0.25) is 5.91 Å². The molecule has 1 N–H and O–H groups in total. The van der Waals surface area contributed by atoms with Crippen molar-refractivity contribution >= 4 is 11.7 Å². The van der Waals surface area contributed by atoms with Crippen LogP contribution in [0.5, 0.6) is 0 Å². The van der Waals surface area contributed by atoms with Crippen molar-refractivity contribution in [3.05, 3.63) is 77.3 Å². The average Bonchev–Trinajstić information content (AvgIpc) is 3.17. The van der Waals surface area contributed by atoms with Gasteiger partial charge in [0, 0.05) is 17.8 Å². The molecule has 0 atom stereocenters. The highest BCUT2D eigenvalue weighted by Crippen LogP contribution is 2.14. The van der Waals surface area contributed by atoms with Crippen LogP contribution in [-0.2, 0) is 17.8 Å². The summed E-state index contributed by atoms with van der Waals surface area (Å²) in [6.07, 6.45) is 5.90. The number of rotatable bonds is 6. The zero-order valence-corrected chi connectivity index (χ0v) is 14.3. The number of aromatic nitrogens is 3. The summed E-state index contributed by atoms with van der Waals surface area (Å²) in [5.74, 6) is 1.10. The molecule has 0 aliphatic rings. The van der Waals surface area contributed by atoms with E-state index in [1.54, 1.807) is 10.7 Å². The van der Waals surface area contributed by atoms with E-state index in [1.165, 1.54) is 6.08 Å². The van der Waals surface area contributed by atoms with Crippen LogP contribution in [0.3, 0.4) is 0 Å². The molecule has 6 heteroatoms. The minimum Gasteiger partial charge on any atom is -0.361 e. The highest BCUT2D eigenvalue weighted by atomic mass is 16.5. The molecule has 0 bridgehead atoms. The van der Waals surface area contributed by atoms with Crippen LogP contribution in [0.4, 0.5) is 5.82 Å². The SMILES string of the molecule is Cc1noc(C)c1Cn1ccc(NC(=O)/C=C/Cc2ccccc2)n1. The third-order valence-electron chi connectivity index (χ3n) is 3.86. The Hall–Kier alpha value is -3.15. The molecule has 0 fully saturated rings.